The summed E-state index contributed by atoms with van der Waals surface area (Å²) in [7, 11) is 0. The van der Waals surface area contributed by atoms with Crippen molar-refractivity contribution in [3.63, 3.8) is 0 Å². The molecule has 2 aromatic carbocycles. The molecule has 2 aromatic rings. The molecule has 0 spiro atoms. The van der Waals surface area contributed by atoms with E-state index in [0.717, 1.165) is 15.7 Å². The SMILES string of the molecule is CC(C=O)N1C(=O)c2cc3ccccc3cc2C1=O. The first-order valence-electron chi connectivity index (χ1n) is 5.99. The van der Waals surface area contributed by atoms with E-state index < -0.39 is 17.9 Å². The third kappa shape index (κ3) is 1.57. The van der Waals surface area contributed by atoms with Crippen molar-refractivity contribution in [3.05, 3.63) is 47.5 Å². The van der Waals surface area contributed by atoms with Crippen molar-refractivity contribution in [1.29, 1.82) is 0 Å². The predicted octanol–water partition coefficient (Wildman–Crippen LogP) is 2.02. The molecule has 0 radical (unpaired) electrons. The van der Waals surface area contributed by atoms with Gasteiger partial charge in [0, 0.05) is 0 Å². The van der Waals surface area contributed by atoms with Crippen LogP contribution in [-0.2, 0) is 4.79 Å². The maximum Gasteiger partial charge on any atom is 0.262 e. The zero-order chi connectivity index (χ0) is 13.6. The average Bonchev–Trinajstić information content (AvgIpc) is 2.68. The standard InChI is InChI=1S/C15H11NO3/c1-9(8-17)16-14(18)12-6-10-4-2-3-5-11(10)7-13(12)15(16)19/h2-9H,1H3. The molecule has 0 N–H and O–H groups in total. The topological polar surface area (TPSA) is 54.5 Å². The molecule has 0 fully saturated rings. The summed E-state index contributed by atoms with van der Waals surface area (Å²) in [6.07, 6.45) is 0.599. The molecule has 1 atom stereocenters. The van der Waals surface area contributed by atoms with Gasteiger partial charge >= 0.3 is 0 Å². The number of hydrogen-bond donors (Lipinski definition) is 0. The smallest absolute Gasteiger partial charge is 0.262 e. The number of fused-ring (bicyclic) bond motifs is 2. The van der Waals surface area contributed by atoms with Crippen molar-refractivity contribution < 1.29 is 14.4 Å². The number of carbonyl (C=O) groups excluding carboxylic acids is 3. The zero-order valence-electron chi connectivity index (χ0n) is 10.3. The molecule has 19 heavy (non-hydrogen) atoms. The van der Waals surface area contributed by atoms with Crippen LogP contribution in [0.1, 0.15) is 27.6 Å². The van der Waals surface area contributed by atoms with Crippen LogP contribution in [0, 0.1) is 0 Å². The van der Waals surface area contributed by atoms with E-state index in [2.05, 4.69) is 0 Å². The first kappa shape index (κ1) is 11.6. The van der Waals surface area contributed by atoms with E-state index in [4.69, 9.17) is 0 Å². The Bertz CT molecular complexity index is 666. The molecule has 1 aliphatic rings. The highest BCUT2D eigenvalue weighted by molar-refractivity contribution is 6.24. The summed E-state index contributed by atoms with van der Waals surface area (Å²) in [4.78, 5) is 36.2. The fourth-order valence-electron chi connectivity index (χ4n) is 2.38. The summed E-state index contributed by atoms with van der Waals surface area (Å²) in [5.74, 6) is -0.796. The largest absolute Gasteiger partial charge is 0.301 e. The number of imide groups is 1. The third-order valence-electron chi connectivity index (χ3n) is 3.39. The van der Waals surface area contributed by atoms with Crippen molar-refractivity contribution in [2.45, 2.75) is 13.0 Å². The van der Waals surface area contributed by atoms with Gasteiger partial charge in [0.2, 0.25) is 0 Å². The van der Waals surface area contributed by atoms with Crippen LogP contribution < -0.4 is 0 Å². The van der Waals surface area contributed by atoms with Crippen molar-refractivity contribution in [2.75, 3.05) is 0 Å². The molecule has 1 unspecified atom stereocenters. The average molecular weight is 253 g/mol. The molecule has 94 valence electrons. The van der Waals surface area contributed by atoms with Crippen LogP contribution in [0.25, 0.3) is 10.8 Å². The van der Waals surface area contributed by atoms with Crippen LogP contribution in [-0.4, -0.2) is 29.0 Å². The van der Waals surface area contributed by atoms with Crippen LogP contribution in [0.15, 0.2) is 36.4 Å². The van der Waals surface area contributed by atoms with Gasteiger partial charge in [-0.25, -0.2) is 0 Å². The lowest BCUT2D eigenvalue weighted by molar-refractivity contribution is -0.110. The van der Waals surface area contributed by atoms with Gasteiger partial charge in [-0.3, -0.25) is 14.5 Å². The lowest BCUT2D eigenvalue weighted by Crippen LogP contribution is -2.38. The van der Waals surface area contributed by atoms with Crippen molar-refractivity contribution in [2.24, 2.45) is 0 Å². The zero-order valence-corrected chi connectivity index (χ0v) is 10.3. The van der Waals surface area contributed by atoms with Gasteiger partial charge in [0.05, 0.1) is 17.2 Å². The maximum atomic E-state index is 12.2. The Labute approximate surface area is 109 Å². The van der Waals surface area contributed by atoms with E-state index in [1.807, 2.05) is 24.3 Å². The summed E-state index contributed by atoms with van der Waals surface area (Å²) in [5, 5.41) is 1.81. The number of hydrogen-bond acceptors (Lipinski definition) is 3. The normalized spacial score (nSPS) is 15.7. The Morgan fingerprint density at radius 3 is 1.89 bits per heavy atom. The van der Waals surface area contributed by atoms with Gasteiger partial charge in [-0.15, -0.1) is 0 Å². The summed E-state index contributed by atoms with van der Waals surface area (Å²) >= 11 is 0. The van der Waals surface area contributed by atoms with Crippen molar-refractivity contribution in [1.82, 2.24) is 4.90 Å². The number of rotatable bonds is 2. The molecule has 1 heterocycles. The van der Waals surface area contributed by atoms with E-state index in [1.54, 1.807) is 12.1 Å². The van der Waals surface area contributed by atoms with E-state index in [1.165, 1.54) is 6.92 Å². The third-order valence-corrected chi connectivity index (χ3v) is 3.39. The Balaban J connectivity index is 2.22. The predicted molar refractivity (Wildman–Crippen MR) is 70.0 cm³/mol. The van der Waals surface area contributed by atoms with E-state index in [9.17, 15) is 14.4 Å². The molecule has 0 saturated carbocycles. The van der Waals surface area contributed by atoms with Gasteiger partial charge in [0.15, 0.2) is 0 Å². The first-order chi connectivity index (χ1) is 9.13. The summed E-state index contributed by atoms with van der Waals surface area (Å²) < 4.78 is 0. The fourth-order valence-corrected chi connectivity index (χ4v) is 2.38. The lowest BCUT2D eigenvalue weighted by Gasteiger charge is -2.16. The van der Waals surface area contributed by atoms with Crippen LogP contribution in [0.5, 0.6) is 0 Å². The van der Waals surface area contributed by atoms with Gasteiger partial charge < -0.3 is 4.79 Å². The van der Waals surface area contributed by atoms with Gasteiger partial charge in [-0.05, 0) is 29.8 Å². The molecular formula is C15H11NO3. The molecule has 3 rings (SSSR count). The highest BCUT2D eigenvalue weighted by Crippen LogP contribution is 2.28. The molecule has 0 bridgehead atoms. The molecule has 1 aliphatic heterocycles. The Kier molecular flexibility index (Phi) is 2.45. The van der Waals surface area contributed by atoms with Crippen molar-refractivity contribution >= 4 is 28.9 Å². The fraction of sp³-hybridized carbons (Fsp3) is 0.133. The monoisotopic (exact) mass is 253 g/mol. The highest BCUT2D eigenvalue weighted by atomic mass is 16.2. The molecule has 4 heteroatoms. The second kappa shape index (κ2) is 4.02. The minimum absolute atomic E-state index is 0.373. The second-order valence-corrected chi connectivity index (χ2v) is 4.60. The van der Waals surface area contributed by atoms with Crippen LogP contribution >= 0.6 is 0 Å². The van der Waals surface area contributed by atoms with Crippen molar-refractivity contribution in [3.8, 4) is 0 Å². The maximum absolute atomic E-state index is 12.2. The van der Waals surface area contributed by atoms with Gasteiger partial charge in [0.25, 0.3) is 11.8 Å². The van der Waals surface area contributed by atoms with Crippen LogP contribution in [0.3, 0.4) is 0 Å². The quantitative estimate of drug-likeness (QED) is 0.607. The molecule has 0 aliphatic carbocycles. The Morgan fingerprint density at radius 2 is 1.47 bits per heavy atom. The molecular weight excluding hydrogens is 242 g/mol. The minimum Gasteiger partial charge on any atom is -0.301 e. The number of aldehydes is 1. The van der Waals surface area contributed by atoms with E-state index in [0.29, 0.717) is 17.4 Å². The lowest BCUT2D eigenvalue weighted by atomic mass is 10.0. The van der Waals surface area contributed by atoms with Crippen LogP contribution in [0.4, 0.5) is 0 Å². The number of carbonyl (C=O) groups is 3. The van der Waals surface area contributed by atoms with E-state index >= 15 is 0 Å². The highest BCUT2D eigenvalue weighted by Gasteiger charge is 2.38. The van der Waals surface area contributed by atoms with Crippen LogP contribution in [0.2, 0.25) is 0 Å². The molecule has 4 nitrogen and oxygen atoms in total. The van der Waals surface area contributed by atoms with E-state index in [-0.39, 0.29) is 0 Å². The van der Waals surface area contributed by atoms with Gasteiger partial charge in [-0.2, -0.15) is 0 Å². The van der Waals surface area contributed by atoms with Gasteiger partial charge in [-0.1, -0.05) is 24.3 Å². The number of amides is 2. The molecule has 0 saturated heterocycles. The summed E-state index contributed by atoms with van der Waals surface area (Å²) in [6, 6.07) is 10.2. The second-order valence-electron chi connectivity index (χ2n) is 4.60. The first-order valence-corrected chi connectivity index (χ1v) is 5.99. The Hall–Kier alpha value is -2.49. The number of benzene rings is 2. The van der Waals surface area contributed by atoms with Gasteiger partial charge in [0.1, 0.15) is 6.29 Å². The summed E-state index contributed by atoms with van der Waals surface area (Å²) in [5.41, 5.74) is 0.745. The number of nitrogens with zero attached hydrogens (tertiary/aromatic N) is 1. The molecule has 0 aromatic heterocycles. The Morgan fingerprint density at radius 1 is 1.00 bits per heavy atom. The minimum atomic E-state index is -0.740. The molecule has 2 amide bonds. The summed E-state index contributed by atoms with van der Waals surface area (Å²) in [6.45, 7) is 1.54.